The lowest BCUT2D eigenvalue weighted by Crippen LogP contribution is -2.44. The second-order valence-electron chi connectivity index (χ2n) is 4.86. The largest absolute Gasteiger partial charge is 0.396 e. The van der Waals surface area contributed by atoms with Gasteiger partial charge in [-0.25, -0.2) is 0 Å². The summed E-state index contributed by atoms with van der Waals surface area (Å²) in [4.78, 5) is 2.30. The Balaban J connectivity index is 2.39. The molecule has 2 N–H and O–H groups in total. The number of hydrogen-bond donors (Lipinski definition) is 2. The maximum absolute atomic E-state index is 9.87. The van der Waals surface area contributed by atoms with Gasteiger partial charge in [0.25, 0.3) is 0 Å². The standard InChI is InChI=1S/C12H25NO3/c1-10(2)13(5-3-6-14)8-11-9-16-7-4-12(11)15/h10-12,14-15H,3-9H2,1-2H3. The first-order valence-electron chi connectivity index (χ1n) is 6.26. The van der Waals surface area contributed by atoms with E-state index in [0.717, 1.165) is 25.9 Å². The number of hydrogen-bond acceptors (Lipinski definition) is 4. The summed E-state index contributed by atoms with van der Waals surface area (Å²) in [5.41, 5.74) is 0. The zero-order valence-electron chi connectivity index (χ0n) is 10.4. The van der Waals surface area contributed by atoms with E-state index < -0.39 is 0 Å². The van der Waals surface area contributed by atoms with E-state index in [9.17, 15) is 5.11 Å². The second-order valence-corrected chi connectivity index (χ2v) is 4.86. The summed E-state index contributed by atoms with van der Waals surface area (Å²) >= 11 is 0. The van der Waals surface area contributed by atoms with Crippen LogP contribution in [0.15, 0.2) is 0 Å². The van der Waals surface area contributed by atoms with Gasteiger partial charge < -0.3 is 19.8 Å². The highest BCUT2D eigenvalue weighted by Gasteiger charge is 2.26. The Kier molecular flexibility index (Phi) is 6.28. The highest BCUT2D eigenvalue weighted by atomic mass is 16.5. The first-order chi connectivity index (χ1) is 7.65. The van der Waals surface area contributed by atoms with Crippen LogP contribution < -0.4 is 0 Å². The minimum Gasteiger partial charge on any atom is -0.396 e. The molecule has 1 fully saturated rings. The molecular formula is C12H25NO3. The predicted molar refractivity (Wildman–Crippen MR) is 63.3 cm³/mol. The van der Waals surface area contributed by atoms with Gasteiger partial charge >= 0.3 is 0 Å². The van der Waals surface area contributed by atoms with Crippen molar-refractivity contribution in [1.29, 1.82) is 0 Å². The molecule has 0 radical (unpaired) electrons. The van der Waals surface area contributed by atoms with Gasteiger partial charge in [-0.3, -0.25) is 0 Å². The fourth-order valence-corrected chi connectivity index (χ4v) is 2.10. The van der Waals surface area contributed by atoms with Gasteiger partial charge in [-0.15, -0.1) is 0 Å². The van der Waals surface area contributed by atoms with Crippen molar-refractivity contribution < 1.29 is 14.9 Å². The molecule has 0 spiro atoms. The van der Waals surface area contributed by atoms with E-state index in [0.29, 0.717) is 19.3 Å². The van der Waals surface area contributed by atoms with Crippen molar-refractivity contribution in [2.75, 3.05) is 32.9 Å². The van der Waals surface area contributed by atoms with Crippen LogP contribution >= 0.6 is 0 Å². The van der Waals surface area contributed by atoms with Crippen molar-refractivity contribution in [2.24, 2.45) is 5.92 Å². The third-order valence-corrected chi connectivity index (χ3v) is 3.24. The van der Waals surface area contributed by atoms with Crippen LogP contribution in [0.2, 0.25) is 0 Å². The van der Waals surface area contributed by atoms with Gasteiger partial charge in [0.05, 0.1) is 12.7 Å². The molecule has 4 heteroatoms. The van der Waals surface area contributed by atoms with Gasteiger partial charge in [-0.05, 0) is 26.7 Å². The summed E-state index contributed by atoms with van der Waals surface area (Å²) in [7, 11) is 0. The summed E-state index contributed by atoms with van der Waals surface area (Å²) in [5, 5.41) is 18.7. The Hall–Kier alpha value is -0.160. The molecule has 0 amide bonds. The molecule has 0 aliphatic carbocycles. The maximum atomic E-state index is 9.87. The molecule has 2 unspecified atom stereocenters. The fourth-order valence-electron chi connectivity index (χ4n) is 2.10. The van der Waals surface area contributed by atoms with E-state index in [1.807, 2.05) is 0 Å². The number of aliphatic hydroxyl groups is 2. The van der Waals surface area contributed by atoms with Crippen LogP contribution in [0, 0.1) is 5.92 Å². The Morgan fingerprint density at radius 1 is 1.44 bits per heavy atom. The Bertz CT molecular complexity index is 187. The lowest BCUT2D eigenvalue weighted by Gasteiger charge is -2.34. The minimum atomic E-state index is -0.232. The van der Waals surface area contributed by atoms with Gasteiger partial charge in [-0.2, -0.15) is 0 Å². The van der Waals surface area contributed by atoms with Crippen LogP contribution in [0.25, 0.3) is 0 Å². The molecule has 0 aromatic rings. The normalized spacial score (nSPS) is 26.6. The van der Waals surface area contributed by atoms with Crippen LogP contribution in [0.5, 0.6) is 0 Å². The van der Waals surface area contributed by atoms with Crippen molar-refractivity contribution in [3.05, 3.63) is 0 Å². The number of aliphatic hydroxyl groups excluding tert-OH is 2. The third kappa shape index (κ3) is 4.37. The van der Waals surface area contributed by atoms with E-state index in [4.69, 9.17) is 9.84 Å². The molecule has 16 heavy (non-hydrogen) atoms. The minimum absolute atomic E-state index is 0.217. The van der Waals surface area contributed by atoms with E-state index >= 15 is 0 Å². The van der Waals surface area contributed by atoms with Gasteiger partial charge in [0.1, 0.15) is 0 Å². The fraction of sp³-hybridized carbons (Fsp3) is 1.00. The molecule has 0 saturated carbocycles. The highest BCUT2D eigenvalue weighted by molar-refractivity contribution is 4.77. The molecule has 0 aromatic heterocycles. The third-order valence-electron chi connectivity index (χ3n) is 3.24. The van der Waals surface area contributed by atoms with Crippen LogP contribution in [0.1, 0.15) is 26.7 Å². The van der Waals surface area contributed by atoms with Gasteiger partial charge in [0.15, 0.2) is 0 Å². The average molecular weight is 231 g/mol. The molecule has 1 rings (SSSR count). The zero-order chi connectivity index (χ0) is 12.0. The first-order valence-corrected chi connectivity index (χ1v) is 6.26. The summed E-state index contributed by atoms with van der Waals surface area (Å²) in [6, 6.07) is 0.445. The van der Waals surface area contributed by atoms with Crippen LogP contribution in [-0.4, -0.2) is 60.2 Å². The number of rotatable bonds is 6. The van der Waals surface area contributed by atoms with Gasteiger partial charge in [0, 0.05) is 38.3 Å². The van der Waals surface area contributed by atoms with Gasteiger partial charge in [-0.1, -0.05) is 0 Å². The molecule has 1 aliphatic rings. The average Bonchev–Trinajstić information content (AvgIpc) is 2.26. The molecule has 0 aromatic carbocycles. The lowest BCUT2D eigenvalue weighted by atomic mass is 9.97. The van der Waals surface area contributed by atoms with Crippen LogP contribution in [-0.2, 0) is 4.74 Å². The van der Waals surface area contributed by atoms with E-state index in [1.54, 1.807) is 0 Å². The van der Waals surface area contributed by atoms with Crippen LogP contribution in [0.4, 0.5) is 0 Å². The summed E-state index contributed by atoms with van der Waals surface area (Å²) in [6.07, 6.45) is 1.31. The van der Waals surface area contributed by atoms with Gasteiger partial charge in [0.2, 0.25) is 0 Å². The number of ether oxygens (including phenoxy) is 1. The SMILES string of the molecule is CC(C)N(CCCO)CC1COCCC1O. The topological polar surface area (TPSA) is 52.9 Å². The highest BCUT2D eigenvalue weighted by Crippen LogP contribution is 2.17. The lowest BCUT2D eigenvalue weighted by molar-refractivity contribution is -0.0496. The quantitative estimate of drug-likeness (QED) is 0.698. The predicted octanol–water partition coefficient (Wildman–Crippen LogP) is 0.477. The molecule has 1 aliphatic heterocycles. The summed E-state index contributed by atoms with van der Waals surface area (Å²) in [6.45, 7) is 7.60. The summed E-state index contributed by atoms with van der Waals surface area (Å²) in [5.74, 6) is 0.217. The van der Waals surface area contributed by atoms with Crippen molar-refractivity contribution >= 4 is 0 Å². The Morgan fingerprint density at radius 2 is 2.19 bits per heavy atom. The Morgan fingerprint density at radius 3 is 2.75 bits per heavy atom. The van der Waals surface area contributed by atoms with E-state index in [1.165, 1.54) is 0 Å². The molecule has 1 heterocycles. The van der Waals surface area contributed by atoms with Crippen molar-refractivity contribution in [1.82, 2.24) is 4.90 Å². The first kappa shape index (κ1) is 13.9. The molecular weight excluding hydrogens is 206 g/mol. The molecule has 4 nitrogen and oxygen atoms in total. The molecule has 2 atom stereocenters. The summed E-state index contributed by atoms with van der Waals surface area (Å²) < 4.78 is 5.40. The Labute approximate surface area is 98.2 Å². The molecule has 0 bridgehead atoms. The van der Waals surface area contributed by atoms with Crippen molar-refractivity contribution in [2.45, 2.75) is 38.8 Å². The van der Waals surface area contributed by atoms with Crippen molar-refractivity contribution in [3.8, 4) is 0 Å². The van der Waals surface area contributed by atoms with E-state index in [-0.39, 0.29) is 18.6 Å². The van der Waals surface area contributed by atoms with Crippen LogP contribution in [0.3, 0.4) is 0 Å². The zero-order valence-corrected chi connectivity index (χ0v) is 10.4. The monoisotopic (exact) mass is 231 g/mol. The maximum Gasteiger partial charge on any atom is 0.0624 e. The molecule has 96 valence electrons. The van der Waals surface area contributed by atoms with Crippen molar-refractivity contribution in [3.63, 3.8) is 0 Å². The molecule has 1 saturated heterocycles. The van der Waals surface area contributed by atoms with E-state index in [2.05, 4.69) is 18.7 Å². The second kappa shape index (κ2) is 7.22. The smallest absolute Gasteiger partial charge is 0.0624 e. The number of nitrogens with zero attached hydrogens (tertiary/aromatic N) is 1.